The van der Waals surface area contributed by atoms with Gasteiger partial charge in [-0.15, -0.1) is 0 Å². The first-order chi connectivity index (χ1) is 11.1. The van der Waals surface area contributed by atoms with E-state index in [-0.39, 0.29) is 12.6 Å². The molecule has 1 amide bonds. The highest BCUT2D eigenvalue weighted by Crippen LogP contribution is 2.17. The first kappa shape index (κ1) is 15.1. The highest BCUT2D eigenvalue weighted by Gasteiger charge is 2.11. The van der Waals surface area contributed by atoms with Crippen molar-refractivity contribution in [3.63, 3.8) is 0 Å². The van der Waals surface area contributed by atoms with Crippen molar-refractivity contribution >= 4 is 23.2 Å². The summed E-state index contributed by atoms with van der Waals surface area (Å²) >= 11 is 5.89. The number of benzene rings is 1. The molecule has 0 bridgehead atoms. The fourth-order valence-electron chi connectivity index (χ4n) is 1.99. The van der Waals surface area contributed by atoms with Crippen molar-refractivity contribution in [2.75, 3.05) is 5.32 Å². The molecular formula is C15H14ClN5O2. The molecular weight excluding hydrogens is 318 g/mol. The van der Waals surface area contributed by atoms with Gasteiger partial charge in [0.15, 0.2) is 6.73 Å². The molecule has 3 rings (SSSR count). The molecule has 0 aliphatic heterocycles. The summed E-state index contributed by atoms with van der Waals surface area (Å²) in [5, 5.41) is 11.4. The van der Waals surface area contributed by atoms with Crippen LogP contribution >= 0.6 is 11.6 Å². The molecule has 0 unspecified atom stereocenters. The van der Waals surface area contributed by atoms with Gasteiger partial charge >= 0.3 is 0 Å². The van der Waals surface area contributed by atoms with E-state index in [4.69, 9.17) is 16.3 Å². The largest absolute Gasteiger partial charge is 0.471 e. The van der Waals surface area contributed by atoms with Crippen LogP contribution < -0.4 is 10.1 Å². The second kappa shape index (κ2) is 6.53. The summed E-state index contributed by atoms with van der Waals surface area (Å²) in [7, 11) is 1.71. The van der Waals surface area contributed by atoms with Gasteiger partial charge in [-0.3, -0.25) is 9.48 Å². The molecule has 0 saturated carbocycles. The lowest BCUT2D eigenvalue weighted by molar-refractivity contribution is 0.101. The minimum absolute atomic E-state index is 0.210. The average Bonchev–Trinajstić information content (AvgIpc) is 3.14. The smallest absolute Gasteiger partial charge is 0.274 e. The molecule has 1 aromatic carbocycles. The number of anilines is 1. The van der Waals surface area contributed by atoms with Crippen LogP contribution in [0.3, 0.4) is 0 Å². The lowest BCUT2D eigenvalue weighted by Crippen LogP contribution is -2.15. The van der Waals surface area contributed by atoms with Crippen LogP contribution in [-0.4, -0.2) is 25.5 Å². The minimum Gasteiger partial charge on any atom is -0.471 e. The van der Waals surface area contributed by atoms with Gasteiger partial charge in [0.2, 0.25) is 0 Å². The molecule has 2 aromatic heterocycles. The Morgan fingerprint density at radius 3 is 2.96 bits per heavy atom. The third-order valence-corrected chi connectivity index (χ3v) is 3.34. The normalized spacial score (nSPS) is 10.5. The standard InChI is InChI=1S/C15H14ClN5O2/c1-20-14(5-6-17-20)15(22)19-12-8-18-21(9-12)10-23-13-4-2-3-11(16)7-13/h2-9H,10H2,1H3,(H,19,22). The molecule has 2 heterocycles. The van der Waals surface area contributed by atoms with Gasteiger partial charge in [-0.2, -0.15) is 10.2 Å². The fraction of sp³-hybridized carbons (Fsp3) is 0.133. The van der Waals surface area contributed by atoms with Crippen LogP contribution in [0.15, 0.2) is 48.9 Å². The highest BCUT2D eigenvalue weighted by molar-refractivity contribution is 6.30. The lowest BCUT2D eigenvalue weighted by Gasteiger charge is -2.06. The van der Waals surface area contributed by atoms with Crippen molar-refractivity contribution < 1.29 is 9.53 Å². The first-order valence-corrected chi connectivity index (χ1v) is 7.20. The SMILES string of the molecule is Cn1nccc1C(=O)Nc1cnn(COc2cccc(Cl)c2)c1. The van der Waals surface area contributed by atoms with E-state index in [0.29, 0.717) is 22.2 Å². The van der Waals surface area contributed by atoms with Crippen molar-refractivity contribution in [2.45, 2.75) is 6.73 Å². The maximum Gasteiger partial charge on any atom is 0.274 e. The Kier molecular flexibility index (Phi) is 4.29. The number of rotatable bonds is 5. The zero-order chi connectivity index (χ0) is 16.2. The molecule has 0 fully saturated rings. The molecule has 0 saturated heterocycles. The summed E-state index contributed by atoms with van der Waals surface area (Å²) in [5.41, 5.74) is 1.04. The second-order valence-electron chi connectivity index (χ2n) is 4.79. The number of hydrogen-bond donors (Lipinski definition) is 1. The van der Waals surface area contributed by atoms with E-state index in [1.165, 1.54) is 4.68 Å². The maximum absolute atomic E-state index is 12.1. The Morgan fingerprint density at radius 2 is 2.22 bits per heavy atom. The zero-order valence-electron chi connectivity index (χ0n) is 12.3. The van der Waals surface area contributed by atoms with Gasteiger partial charge in [0.25, 0.3) is 5.91 Å². The number of hydrogen-bond acceptors (Lipinski definition) is 4. The number of halogens is 1. The molecule has 3 aromatic rings. The Balaban J connectivity index is 1.60. The van der Waals surface area contributed by atoms with Crippen LogP contribution in [0.2, 0.25) is 5.02 Å². The van der Waals surface area contributed by atoms with E-state index in [0.717, 1.165) is 0 Å². The number of ether oxygens (including phenoxy) is 1. The lowest BCUT2D eigenvalue weighted by atomic mass is 10.3. The minimum atomic E-state index is -0.250. The van der Waals surface area contributed by atoms with Crippen LogP contribution in [0.4, 0.5) is 5.69 Å². The van der Waals surface area contributed by atoms with Crippen LogP contribution in [0.1, 0.15) is 10.5 Å². The summed E-state index contributed by atoms with van der Waals surface area (Å²) in [6, 6.07) is 8.74. The van der Waals surface area contributed by atoms with E-state index in [1.807, 2.05) is 0 Å². The number of amides is 1. The summed E-state index contributed by atoms with van der Waals surface area (Å²) in [6.45, 7) is 0.210. The fourth-order valence-corrected chi connectivity index (χ4v) is 2.17. The number of nitrogens with one attached hydrogen (secondary N) is 1. The zero-order valence-corrected chi connectivity index (χ0v) is 13.1. The van der Waals surface area contributed by atoms with E-state index < -0.39 is 0 Å². The summed E-state index contributed by atoms with van der Waals surface area (Å²) in [5.74, 6) is 0.397. The topological polar surface area (TPSA) is 74.0 Å². The molecule has 0 aliphatic rings. The van der Waals surface area contributed by atoms with Gasteiger partial charge in [-0.25, -0.2) is 4.68 Å². The highest BCUT2D eigenvalue weighted by atomic mass is 35.5. The third kappa shape index (κ3) is 3.70. The number of aryl methyl sites for hydroxylation is 1. The number of carbonyl (C=O) groups is 1. The van der Waals surface area contributed by atoms with Gasteiger partial charge in [0.1, 0.15) is 11.4 Å². The van der Waals surface area contributed by atoms with E-state index >= 15 is 0 Å². The van der Waals surface area contributed by atoms with E-state index in [9.17, 15) is 4.79 Å². The quantitative estimate of drug-likeness (QED) is 0.779. The van der Waals surface area contributed by atoms with Crippen molar-refractivity contribution in [2.24, 2.45) is 7.05 Å². The van der Waals surface area contributed by atoms with Gasteiger partial charge in [-0.1, -0.05) is 17.7 Å². The summed E-state index contributed by atoms with van der Waals surface area (Å²) < 4.78 is 8.64. The van der Waals surface area contributed by atoms with Crippen molar-refractivity contribution in [1.82, 2.24) is 19.6 Å². The molecule has 0 aliphatic carbocycles. The Morgan fingerprint density at radius 1 is 1.35 bits per heavy atom. The maximum atomic E-state index is 12.1. The number of carbonyl (C=O) groups excluding carboxylic acids is 1. The Bertz CT molecular complexity index is 827. The molecule has 0 radical (unpaired) electrons. The molecule has 0 atom stereocenters. The predicted molar refractivity (Wildman–Crippen MR) is 85.5 cm³/mol. The van der Waals surface area contributed by atoms with Gasteiger partial charge in [0, 0.05) is 18.3 Å². The molecule has 8 heteroatoms. The third-order valence-electron chi connectivity index (χ3n) is 3.10. The summed E-state index contributed by atoms with van der Waals surface area (Å²) in [6.07, 6.45) is 4.80. The first-order valence-electron chi connectivity index (χ1n) is 6.82. The Hall–Kier alpha value is -2.80. The van der Waals surface area contributed by atoms with Crippen molar-refractivity contribution in [3.8, 4) is 5.75 Å². The molecule has 118 valence electrons. The van der Waals surface area contributed by atoms with E-state index in [2.05, 4.69) is 15.5 Å². The van der Waals surface area contributed by atoms with E-state index in [1.54, 1.807) is 60.7 Å². The molecule has 7 nitrogen and oxygen atoms in total. The molecule has 23 heavy (non-hydrogen) atoms. The second-order valence-corrected chi connectivity index (χ2v) is 5.23. The van der Waals surface area contributed by atoms with Gasteiger partial charge in [-0.05, 0) is 24.3 Å². The van der Waals surface area contributed by atoms with Crippen molar-refractivity contribution in [1.29, 1.82) is 0 Å². The monoisotopic (exact) mass is 331 g/mol. The Labute approximate surface area is 137 Å². The average molecular weight is 332 g/mol. The number of aromatic nitrogens is 4. The van der Waals surface area contributed by atoms with Crippen LogP contribution in [-0.2, 0) is 13.8 Å². The van der Waals surface area contributed by atoms with Crippen LogP contribution in [0.5, 0.6) is 5.75 Å². The number of nitrogens with zero attached hydrogens (tertiary/aromatic N) is 4. The van der Waals surface area contributed by atoms with Crippen LogP contribution in [0, 0.1) is 0 Å². The van der Waals surface area contributed by atoms with Gasteiger partial charge < -0.3 is 10.1 Å². The molecule has 1 N–H and O–H groups in total. The van der Waals surface area contributed by atoms with Crippen molar-refractivity contribution in [3.05, 3.63) is 59.6 Å². The predicted octanol–water partition coefficient (Wildman–Crippen LogP) is 2.56. The molecule has 0 spiro atoms. The van der Waals surface area contributed by atoms with Crippen LogP contribution in [0.25, 0.3) is 0 Å². The van der Waals surface area contributed by atoms with Gasteiger partial charge in [0.05, 0.1) is 18.1 Å². The summed E-state index contributed by atoms with van der Waals surface area (Å²) in [4.78, 5) is 12.1.